The molecular formula is C28H44N2O4. The number of ketones is 1. The van der Waals surface area contributed by atoms with Gasteiger partial charge in [-0.25, -0.2) is 4.79 Å². The Bertz CT molecular complexity index is 881. The number of likely N-dealkylation sites (N-methyl/N-ethyl adjacent to an activating group) is 2. The van der Waals surface area contributed by atoms with Crippen LogP contribution in [-0.4, -0.2) is 53.8 Å². The quantitative estimate of drug-likeness (QED) is 0.456. The Hall–Kier alpha value is -2.47. The molecule has 0 aromatic heterocycles. The maximum Gasteiger partial charge on any atom is 0.331 e. The Labute approximate surface area is 205 Å². The fourth-order valence-corrected chi connectivity index (χ4v) is 4.51. The van der Waals surface area contributed by atoms with Crippen LogP contribution in [0.4, 0.5) is 0 Å². The van der Waals surface area contributed by atoms with Crippen LogP contribution in [0.15, 0.2) is 42.0 Å². The van der Waals surface area contributed by atoms with E-state index in [0.29, 0.717) is 0 Å². The molecule has 0 radical (unpaired) electrons. The number of carboxylic acids is 1. The van der Waals surface area contributed by atoms with Crippen LogP contribution < -0.4 is 5.32 Å². The largest absolute Gasteiger partial charge is 0.478 e. The second kappa shape index (κ2) is 11.8. The van der Waals surface area contributed by atoms with Crippen molar-refractivity contribution in [3.63, 3.8) is 0 Å². The third kappa shape index (κ3) is 7.26. The first-order valence-electron chi connectivity index (χ1n) is 12.0. The lowest BCUT2D eigenvalue weighted by Crippen LogP contribution is -2.52. The third-order valence-corrected chi connectivity index (χ3v) is 6.83. The molecule has 190 valence electrons. The fourth-order valence-electron chi connectivity index (χ4n) is 4.51. The van der Waals surface area contributed by atoms with Crippen molar-refractivity contribution in [1.29, 1.82) is 0 Å². The van der Waals surface area contributed by atoms with Gasteiger partial charge in [-0.15, -0.1) is 0 Å². The molecule has 0 bridgehead atoms. The van der Waals surface area contributed by atoms with Crippen LogP contribution in [-0.2, 0) is 19.8 Å². The molecule has 0 saturated heterocycles. The predicted octanol–water partition coefficient (Wildman–Crippen LogP) is 4.69. The van der Waals surface area contributed by atoms with Gasteiger partial charge in [-0.3, -0.25) is 9.59 Å². The maximum absolute atomic E-state index is 13.7. The van der Waals surface area contributed by atoms with E-state index in [1.807, 2.05) is 78.8 Å². The van der Waals surface area contributed by atoms with E-state index in [4.69, 9.17) is 0 Å². The summed E-state index contributed by atoms with van der Waals surface area (Å²) in [6.45, 7) is 15.4. The molecule has 3 atom stereocenters. The second-order valence-corrected chi connectivity index (χ2v) is 11.2. The van der Waals surface area contributed by atoms with E-state index in [9.17, 15) is 19.5 Å². The molecule has 34 heavy (non-hydrogen) atoms. The van der Waals surface area contributed by atoms with Crippen molar-refractivity contribution in [3.05, 3.63) is 47.5 Å². The third-order valence-electron chi connectivity index (χ3n) is 6.83. The first-order chi connectivity index (χ1) is 15.5. The minimum absolute atomic E-state index is 0.0154. The van der Waals surface area contributed by atoms with E-state index in [1.165, 1.54) is 6.92 Å². The van der Waals surface area contributed by atoms with E-state index in [0.717, 1.165) is 5.56 Å². The van der Waals surface area contributed by atoms with Crippen LogP contribution >= 0.6 is 0 Å². The molecule has 0 fully saturated rings. The highest BCUT2D eigenvalue weighted by atomic mass is 16.4. The van der Waals surface area contributed by atoms with E-state index >= 15 is 0 Å². The summed E-state index contributed by atoms with van der Waals surface area (Å²) >= 11 is 0. The number of amides is 1. The minimum Gasteiger partial charge on any atom is -0.478 e. The standard InChI is InChI=1S/C28H44N2O4/c1-18(2)22(16-19(3)26(33)34)30(10)25(32)21(27(4,5)6)17-23(31)24(29-9)28(7,8)20-14-12-11-13-15-20/h11-16,18,21-22,24,29H,17H2,1-10H3,(H,33,34)/b19-16+. The van der Waals surface area contributed by atoms with Crippen LogP contribution in [0.1, 0.15) is 67.4 Å². The zero-order chi connectivity index (χ0) is 26.4. The lowest BCUT2D eigenvalue weighted by Gasteiger charge is -2.39. The number of hydrogen-bond donors (Lipinski definition) is 2. The van der Waals surface area contributed by atoms with Crippen LogP contribution in [0, 0.1) is 17.3 Å². The molecule has 1 aromatic rings. The summed E-state index contributed by atoms with van der Waals surface area (Å²) < 4.78 is 0. The summed E-state index contributed by atoms with van der Waals surface area (Å²) in [4.78, 5) is 40.3. The number of nitrogens with zero attached hydrogens (tertiary/aromatic N) is 1. The maximum atomic E-state index is 13.7. The number of nitrogens with one attached hydrogen (secondary N) is 1. The lowest BCUT2D eigenvalue weighted by molar-refractivity contribution is -0.143. The summed E-state index contributed by atoms with van der Waals surface area (Å²) in [6, 6.07) is 9.06. The van der Waals surface area contributed by atoms with Gasteiger partial charge >= 0.3 is 5.97 Å². The molecule has 2 N–H and O–H groups in total. The Kier molecular flexibility index (Phi) is 10.2. The number of Topliss-reactive ketones (excluding diaryl/α,β-unsaturated/α-hetero) is 1. The molecule has 6 nitrogen and oxygen atoms in total. The van der Waals surface area contributed by atoms with Crippen LogP contribution in [0.2, 0.25) is 0 Å². The molecule has 0 saturated carbocycles. The van der Waals surface area contributed by atoms with Gasteiger partial charge in [-0.2, -0.15) is 0 Å². The fraction of sp³-hybridized carbons (Fsp3) is 0.607. The number of carbonyl (C=O) groups is 3. The van der Waals surface area contributed by atoms with E-state index in [-0.39, 0.29) is 35.6 Å². The average Bonchev–Trinajstić information content (AvgIpc) is 2.74. The van der Waals surface area contributed by atoms with Gasteiger partial charge < -0.3 is 15.3 Å². The van der Waals surface area contributed by atoms with Gasteiger partial charge in [-0.1, -0.05) is 84.9 Å². The van der Waals surface area contributed by atoms with Crippen molar-refractivity contribution in [2.45, 2.75) is 79.3 Å². The van der Waals surface area contributed by atoms with Gasteiger partial charge in [0.1, 0.15) is 0 Å². The molecule has 0 aliphatic carbocycles. The van der Waals surface area contributed by atoms with Gasteiger partial charge in [0.25, 0.3) is 0 Å². The van der Waals surface area contributed by atoms with Gasteiger partial charge in [0, 0.05) is 30.4 Å². The Morgan fingerprint density at radius 3 is 2.00 bits per heavy atom. The normalized spacial score (nSPS) is 15.6. The molecule has 0 spiro atoms. The van der Waals surface area contributed by atoms with E-state index < -0.39 is 28.8 Å². The summed E-state index contributed by atoms with van der Waals surface area (Å²) in [5.74, 6) is -1.71. The number of hydrogen-bond acceptors (Lipinski definition) is 4. The molecule has 0 aliphatic heterocycles. The molecule has 1 amide bonds. The van der Waals surface area contributed by atoms with Crippen molar-refractivity contribution in [2.75, 3.05) is 14.1 Å². The highest BCUT2D eigenvalue weighted by Crippen LogP contribution is 2.35. The number of carbonyl (C=O) groups excluding carboxylic acids is 2. The topological polar surface area (TPSA) is 86.7 Å². The highest BCUT2D eigenvalue weighted by molar-refractivity contribution is 5.91. The zero-order valence-corrected chi connectivity index (χ0v) is 22.6. The van der Waals surface area contributed by atoms with Crippen molar-refractivity contribution < 1.29 is 19.5 Å². The number of benzene rings is 1. The van der Waals surface area contributed by atoms with Crippen LogP contribution in [0.5, 0.6) is 0 Å². The number of aliphatic carboxylic acids is 1. The molecule has 1 rings (SSSR count). The molecule has 6 heteroatoms. The van der Waals surface area contributed by atoms with Crippen molar-refractivity contribution in [3.8, 4) is 0 Å². The van der Waals surface area contributed by atoms with Crippen molar-refractivity contribution in [2.24, 2.45) is 17.3 Å². The van der Waals surface area contributed by atoms with E-state index in [2.05, 4.69) is 5.32 Å². The smallest absolute Gasteiger partial charge is 0.331 e. The van der Waals surface area contributed by atoms with Crippen LogP contribution in [0.3, 0.4) is 0 Å². The highest BCUT2D eigenvalue weighted by Gasteiger charge is 2.41. The van der Waals surface area contributed by atoms with Crippen molar-refractivity contribution in [1.82, 2.24) is 10.2 Å². The van der Waals surface area contributed by atoms with E-state index in [1.54, 1.807) is 25.1 Å². The number of carboxylic acid groups (broad SMARTS) is 1. The number of rotatable bonds is 11. The molecule has 3 unspecified atom stereocenters. The van der Waals surface area contributed by atoms with Gasteiger partial charge in [0.2, 0.25) is 5.91 Å². The first kappa shape index (κ1) is 29.6. The Morgan fingerprint density at radius 1 is 1.06 bits per heavy atom. The summed E-state index contributed by atoms with van der Waals surface area (Å²) in [7, 11) is 3.48. The molecule has 1 aromatic carbocycles. The summed E-state index contributed by atoms with van der Waals surface area (Å²) in [5.41, 5.74) is 0.324. The zero-order valence-electron chi connectivity index (χ0n) is 22.6. The SMILES string of the molecule is CNC(C(=O)CC(C(=O)N(C)C(/C=C(\C)C(=O)O)C(C)C)C(C)(C)C)C(C)(C)c1ccccc1. The monoisotopic (exact) mass is 472 g/mol. The summed E-state index contributed by atoms with van der Waals surface area (Å²) in [5, 5.41) is 12.5. The molecular weight excluding hydrogens is 428 g/mol. The van der Waals surface area contributed by atoms with Crippen molar-refractivity contribution >= 4 is 17.7 Å². The second-order valence-electron chi connectivity index (χ2n) is 11.2. The molecule has 0 aliphatic rings. The lowest BCUT2D eigenvalue weighted by atomic mass is 9.71. The first-order valence-corrected chi connectivity index (χ1v) is 12.0. The van der Waals surface area contributed by atoms with Crippen LogP contribution in [0.25, 0.3) is 0 Å². The predicted molar refractivity (Wildman–Crippen MR) is 138 cm³/mol. The van der Waals surface area contributed by atoms with Gasteiger partial charge in [0.15, 0.2) is 5.78 Å². The average molecular weight is 473 g/mol. The Balaban J connectivity index is 3.29. The summed E-state index contributed by atoms with van der Waals surface area (Å²) in [6.07, 6.45) is 1.72. The Morgan fingerprint density at radius 2 is 1.59 bits per heavy atom. The van der Waals surface area contributed by atoms with Gasteiger partial charge in [-0.05, 0) is 30.9 Å². The van der Waals surface area contributed by atoms with Gasteiger partial charge in [0.05, 0.1) is 12.1 Å². The minimum atomic E-state index is -1.01. The molecule has 0 heterocycles.